The summed E-state index contributed by atoms with van der Waals surface area (Å²) in [7, 11) is 0. The molecule has 1 unspecified atom stereocenters. The van der Waals surface area contributed by atoms with Crippen LogP contribution in [0.1, 0.15) is 25.3 Å². The number of likely N-dealkylation sites (tertiary alicyclic amines) is 1. The maximum atomic E-state index is 12.7. The highest BCUT2D eigenvalue weighted by Gasteiger charge is 2.34. The molecular weight excluding hydrogens is 488 g/mol. The molecule has 0 aliphatic carbocycles. The van der Waals surface area contributed by atoms with E-state index in [0.717, 1.165) is 39.0 Å². The molecule has 2 aliphatic rings. The maximum absolute atomic E-state index is 12.7. The second-order valence-electron chi connectivity index (χ2n) is 10.4. The summed E-state index contributed by atoms with van der Waals surface area (Å²) in [5.74, 6) is 0.426. The van der Waals surface area contributed by atoms with Crippen LogP contribution in [-0.4, -0.2) is 99.3 Å². The predicted molar refractivity (Wildman–Crippen MR) is 144 cm³/mol. The minimum absolute atomic E-state index is 0.155. The van der Waals surface area contributed by atoms with E-state index < -0.39 is 23.9 Å². The highest BCUT2D eigenvalue weighted by atomic mass is 16.3. The first-order chi connectivity index (χ1) is 18.2. The number of piperazine rings is 1. The largest absolute Gasteiger partial charge is 0.394 e. The van der Waals surface area contributed by atoms with Crippen LogP contribution in [0.2, 0.25) is 0 Å². The summed E-state index contributed by atoms with van der Waals surface area (Å²) in [6.07, 6.45) is 3.85. The fraction of sp³-hybridized carbons (Fsp3) is 0.538. The summed E-state index contributed by atoms with van der Waals surface area (Å²) in [4.78, 5) is 47.3. The summed E-state index contributed by atoms with van der Waals surface area (Å²) in [5, 5.41) is 12.0. The Kier molecular flexibility index (Phi) is 8.77. The number of anilines is 1. The number of hydrogen-bond donors (Lipinski definition) is 4. The minimum Gasteiger partial charge on any atom is -0.394 e. The fourth-order valence-corrected chi connectivity index (χ4v) is 4.80. The molecule has 2 aromatic rings. The topological polar surface area (TPSA) is 163 Å². The van der Waals surface area contributed by atoms with Crippen molar-refractivity contribution in [3.8, 4) is 5.69 Å². The van der Waals surface area contributed by atoms with Gasteiger partial charge in [-0.3, -0.25) is 19.6 Å². The molecule has 1 atom stereocenters. The van der Waals surface area contributed by atoms with Gasteiger partial charge in [-0.15, -0.1) is 0 Å². The number of amides is 3. The molecule has 0 saturated carbocycles. The van der Waals surface area contributed by atoms with Gasteiger partial charge in [0.25, 0.3) is 0 Å². The zero-order valence-corrected chi connectivity index (χ0v) is 21.9. The standard InChI is InChI=1S/C26H38N8O4/c1-26(28,18-35)23(36)32-12-14-33(15-13-32)24(37)29-22-8-11-34(25(38)30-22)21-4-2-20(3-5-21)17-31-9-6-19(16-27)7-10-31/h2-5,8,11,19,35H,6-7,9-10,12-18,27-28H2,1H3,(H,29,30,37,38). The van der Waals surface area contributed by atoms with E-state index in [0.29, 0.717) is 37.8 Å². The molecule has 2 aliphatic heterocycles. The Morgan fingerprint density at radius 1 is 1.05 bits per heavy atom. The summed E-state index contributed by atoms with van der Waals surface area (Å²) >= 11 is 0. The number of aromatic nitrogens is 2. The van der Waals surface area contributed by atoms with Crippen LogP contribution in [0.25, 0.3) is 5.69 Å². The Morgan fingerprint density at radius 2 is 1.68 bits per heavy atom. The summed E-state index contributed by atoms with van der Waals surface area (Å²) in [6, 6.07) is 9.00. The smallest absolute Gasteiger partial charge is 0.354 e. The Morgan fingerprint density at radius 3 is 2.26 bits per heavy atom. The van der Waals surface area contributed by atoms with Crippen LogP contribution in [0.4, 0.5) is 10.6 Å². The lowest BCUT2D eigenvalue weighted by Crippen LogP contribution is -2.60. The number of rotatable bonds is 7. The van der Waals surface area contributed by atoms with E-state index in [9.17, 15) is 19.5 Å². The van der Waals surface area contributed by atoms with Crippen LogP contribution < -0.4 is 22.5 Å². The van der Waals surface area contributed by atoms with Gasteiger partial charge in [0.05, 0.1) is 12.3 Å². The van der Waals surface area contributed by atoms with Crippen molar-refractivity contribution < 1.29 is 14.7 Å². The van der Waals surface area contributed by atoms with E-state index in [2.05, 4.69) is 15.2 Å². The van der Waals surface area contributed by atoms with Crippen LogP contribution in [0.5, 0.6) is 0 Å². The van der Waals surface area contributed by atoms with Crippen molar-refractivity contribution in [2.45, 2.75) is 31.8 Å². The van der Waals surface area contributed by atoms with Crippen molar-refractivity contribution in [1.29, 1.82) is 0 Å². The van der Waals surface area contributed by atoms with Gasteiger partial charge in [0.2, 0.25) is 5.91 Å². The lowest BCUT2D eigenvalue weighted by atomic mass is 9.97. The number of nitrogens with two attached hydrogens (primary N) is 2. The van der Waals surface area contributed by atoms with Crippen LogP contribution in [0.15, 0.2) is 41.3 Å². The Bertz CT molecular complexity index is 1170. The molecule has 2 saturated heterocycles. The van der Waals surface area contributed by atoms with Crippen molar-refractivity contribution >= 4 is 17.8 Å². The van der Waals surface area contributed by atoms with E-state index in [4.69, 9.17) is 11.5 Å². The average molecular weight is 527 g/mol. The Balaban J connectivity index is 1.30. The SMILES string of the molecule is CC(N)(CO)C(=O)N1CCN(C(=O)Nc2ccn(-c3ccc(CN4CCC(CN)CC4)cc3)c(=O)n2)CC1. The van der Waals surface area contributed by atoms with Gasteiger partial charge in [0.15, 0.2) is 0 Å². The molecule has 12 heteroatoms. The Labute approximate surface area is 222 Å². The summed E-state index contributed by atoms with van der Waals surface area (Å²) in [6.45, 7) is 5.94. The molecule has 1 aromatic carbocycles. The summed E-state index contributed by atoms with van der Waals surface area (Å²) < 4.78 is 1.43. The number of benzene rings is 1. The zero-order chi connectivity index (χ0) is 27.3. The van der Waals surface area contributed by atoms with E-state index >= 15 is 0 Å². The third kappa shape index (κ3) is 6.57. The molecule has 12 nitrogen and oxygen atoms in total. The van der Waals surface area contributed by atoms with Crippen LogP contribution in [0, 0.1) is 5.92 Å². The molecule has 0 radical (unpaired) electrons. The first-order valence-electron chi connectivity index (χ1n) is 13.1. The highest BCUT2D eigenvalue weighted by Crippen LogP contribution is 2.19. The number of aliphatic hydroxyl groups excluding tert-OH is 1. The van der Waals surface area contributed by atoms with Gasteiger partial charge < -0.3 is 26.4 Å². The molecule has 4 rings (SSSR count). The molecule has 2 fully saturated rings. The summed E-state index contributed by atoms with van der Waals surface area (Å²) in [5.41, 5.74) is 11.6. The molecule has 1 aromatic heterocycles. The second-order valence-corrected chi connectivity index (χ2v) is 10.4. The number of carbonyl (C=O) groups is 2. The van der Waals surface area contributed by atoms with Crippen molar-refractivity contribution in [3.63, 3.8) is 0 Å². The van der Waals surface area contributed by atoms with E-state index in [1.165, 1.54) is 22.0 Å². The third-order valence-corrected chi connectivity index (χ3v) is 7.37. The predicted octanol–water partition coefficient (Wildman–Crippen LogP) is -0.211. The molecule has 0 spiro atoms. The molecule has 0 bridgehead atoms. The molecule has 3 heterocycles. The number of hydrogen-bond acceptors (Lipinski definition) is 8. The van der Waals surface area contributed by atoms with Gasteiger partial charge >= 0.3 is 11.7 Å². The van der Waals surface area contributed by atoms with Gasteiger partial charge in [-0.25, -0.2) is 9.59 Å². The molecule has 38 heavy (non-hydrogen) atoms. The van der Waals surface area contributed by atoms with Gasteiger partial charge in [-0.2, -0.15) is 4.98 Å². The van der Waals surface area contributed by atoms with Crippen molar-refractivity contribution in [3.05, 3.63) is 52.6 Å². The zero-order valence-electron chi connectivity index (χ0n) is 21.9. The molecular formula is C26H38N8O4. The number of nitrogens with zero attached hydrogens (tertiary/aromatic N) is 5. The third-order valence-electron chi connectivity index (χ3n) is 7.37. The number of nitrogens with one attached hydrogen (secondary N) is 1. The van der Waals surface area contributed by atoms with Gasteiger partial charge in [-0.1, -0.05) is 12.1 Å². The van der Waals surface area contributed by atoms with E-state index in [1.807, 2.05) is 24.3 Å². The van der Waals surface area contributed by atoms with Crippen LogP contribution >= 0.6 is 0 Å². The lowest BCUT2D eigenvalue weighted by molar-refractivity contribution is -0.139. The van der Waals surface area contributed by atoms with Gasteiger partial charge in [-0.05, 0) is 69.1 Å². The number of piperidine rings is 1. The molecule has 206 valence electrons. The number of urea groups is 1. The van der Waals surface area contributed by atoms with Gasteiger partial charge in [0.1, 0.15) is 11.4 Å². The number of aliphatic hydroxyl groups is 1. The van der Waals surface area contributed by atoms with Crippen LogP contribution in [0.3, 0.4) is 0 Å². The van der Waals surface area contributed by atoms with Crippen molar-refractivity contribution in [2.24, 2.45) is 17.4 Å². The molecule has 6 N–H and O–H groups in total. The fourth-order valence-electron chi connectivity index (χ4n) is 4.80. The van der Waals surface area contributed by atoms with Gasteiger partial charge in [0, 0.05) is 38.9 Å². The maximum Gasteiger partial charge on any atom is 0.354 e. The molecule has 3 amide bonds. The van der Waals surface area contributed by atoms with E-state index in [1.54, 1.807) is 17.2 Å². The monoisotopic (exact) mass is 526 g/mol. The first kappa shape index (κ1) is 27.7. The second kappa shape index (κ2) is 12.0. The minimum atomic E-state index is -1.35. The lowest BCUT2D eigenvalue weighted by Gasteiger charge is -2.37. The normalized spacial score (nSPS) is 18.7. The Hall–Kier alpha value is -3.32. The van der Waals surface area contributed by atoms with E-state index in [-0.39, 0.29) is 11.7 Å². The van der Waals surface area contributed by atoms with Crippen molar-refractivity contribution in [1.82, 2.24) is 24.3 Å². The first-order valence-corrected chi connectivity index (χ1v) is 13.1. The average Bonchev–Trinajstić information content (AvgIpc) is 2.94. The quantitative estimate of drug-likeness (QED) is 0.385. The van der Waals surface area contributed by atoms with Crippen LogP contribution in [-0.2, 0) is 11.3 Å². The highest BCUT2D eigenvalue weighted by molar-refractivity contribution is 5.89. The van der Waals surface area contributed by atoms with Crippen molar-refractivity contribution in [2.75, 3.05) is 57.7 Å². The number of carbonyl (C=O) groups excluding carboxylic acids is 2.